The molecule has 0 aliphatic carbocycles. The number of nitrogens with one attached hydrogen (secondary N) is 1. The molecule has 2 heterocycles. The Kier molecular flexibility index (Phi) is 3.03. The highest BCUT2D eigenvalue weighted by Crippen LogP contribution is 2.21. The molecule has 0 radical (unpaired) electrons. The van der Waals surface area contributed by atoms with Gasteiger partial charge in [-0.25, -0.2) is 0 Å². The van der Waals surface area contributed by atoms with E-state index in [0.717, 1.165) is 32.5 Å². The maximum absolute atomic E-state index is 11.4. The molecule has 0 aromatic heterocycles. The highest BCUT2D eigenvalue weighted by molar-refractivity contribution is 5.73. The summed E-state index contributed by atoms with van der Waals surface area (Å²) >= 11 is 0. The van der Waals surface area contributed by atoms with E-state index in [0.29, 0.717) is 12.6 Å². The second-order valence-corrected chi connectivity index (χ2v) is 4.02. The molecular formula is C10H18N2O2. The van der Waals surface area contributed by atoms with Crippen molar-refractivity contribution >= 4 is 5.91 Å². The van der Waals surface area contributed by atoms with E-state index in [2.05, 4.69) is 5.32 Å². The van der Waals surface area contributed by atoms with Gasteiger partial charge in [0, 0.05) is 13.5 Å². The van der Waals surface area contributed by atoms with E-state index in [4.69, 9.17) is 4.74 Å². The zero-order valence-electron chi connectivity index (χ0n) is 8.66. The minimum absolute atomic E-state index is 0.185. The number of nitrogens with zero attached hydrogens (tertiary/aromatic N) is 1. The van der Waals surface area contributed by atoms with Crippen LogP contribution < -0.4 is 5.32 Å². The average Bonchev–Trinajstić information content (AvgIpc) is 2.41. The van der Waals surface area contributed by atoms with E-state index in [1.165, 1.54) is 0 Å². The summed E-state index contributed by atoms with van der Waals surface area (Å²) in [6.07, 6.45) is 2.29. The summed E-state index contributed by atoms with van der Waals surface area (Å²) in [7, 11) is 0. The fourth-order valence-electron chi connectivity index (χ4n) is 2.41. The molecule has 0 aromatic rings. The molecule has 0 bridgehead atoms. The third kappa shape index (κ3) is 1.91. The molecule has 14 heavy (non-hydrogen) atoms. The number of ether oxygens (including phenoxy) is 1. The van der Waals surface area contributed by atoms with Crippen molar-refractivity contribution in [3.05, 3.63) is 0 Å². The van der Waals surface area contributed by atoms with Gasteiger partial charge >= 0.3 is 0 Å². The van der Waals surface area contributed by atoms with E-state index in [-0.39, 0.29) is 12.0 Å². The Bertz CT molecular complexity index is 220. The van der Waals surface area contributed by atoms with E-state index in [1.807, 2.05) is 4.90 Å². The van der Waals surface area contributed by atoms with Gasteiger partial charge in [0.25, 0.3) is 0 Å². The Labute approximate surface area is 84.6 Å². The van der Waals surface area contributed by atoms with Gasteiger partial charge in [-0.2, -0.15) is 0 Å². The van der Waals surface area contributed by atoms with E-state index < -0.39 is 0 Å². The Hall–Kier alpha value is -0.610. The third-order valence-corrected chi connectivity index (χ3v) is 3.12. The first-order valence-electron chi connectivity index (χ1n) is 5.38. The summed E-state index contributed by atoms with van der Waals surface area (Å²) in [6, 6.07) is 0.302. The molecule has 2 aliphatic rings. The lowest BCUT2D eigenvalue weighted by molar-refractivity contribution is -0.144. The van der Waals surface area contributed by atoms with Crippen molar-refractivity contribution in [2.75, 3.05) is 26.2 Å². The summed E-state index contributed by atoms with van der Waals surface area (Å²) < 4.78 is 5.71. The molecule has 0 unspecified atom stereocenters. The monoisotopic (exact) mass is 198 g/mol. The molecule has 2 rings (SSSR count). The molecule has 1 amide bonds. The van der Waals surface area contributed by atoms with Crippen molar-refractivity contribution in [3.8, 4) is 0 Å². The second-order valence-electron chi connectivity index (χ2n) is 4.02. The largest absolute Gasteiger partial charge is 0.374 e. The van der Waals surface area contributed by atoms with Crippen molar-refractivity contribution in [1.82, 2.24) is 10.2 Å². The van der Waals surface area contributed by atoms with Crippen LogP contribution in [0, 0.1) is 0 Å². The SMILES string of the molecule is CC(=O)N1CCO[C@@H]2CCNCC[C@@H]21. The number of morpholine rings is 1. The molecule has 0 spiro atoms. The molecule has 2 fully saturated rings. The molecule has 2 atom stereocenters. The smallest absolute Gasteiger partial charge is 0.219 e. The van der Waals surface area contributed by atoms with Crippen LogP contribution in [0.25, 0.3) is 0 Å². The number of hydrogen-bond acceptors (Lipinski definition) is 3. The quantitative estimate of drug-likeness (QED) is 0.595. The third-order valence-electron chi connectivity index (χ3n) is 3.12. The van der Waals surface area contributed by atoms with E-state index in [9.17, 15) is 4.79 Å². The number of amides is 1. The fraction of sp³-hybridized carbons (Fsp3) is 0.900. The summed E-state index contributed by atoms with van der Waals surface area (Å²) in [4.78, 5) is 13.4. The Morgan fingerprint density at radius 3 is 3.00 bits per heavy atom. The van der Waals surface area contributed by atoms with Crippen molar-refractivity contribution < 1.29 is 9.53 Å². The van der Waals surface area contributed by atoms with Gasteiger partial charge in [0.2, 0.25) is 5.91 Å². The van der Waals surface area contributed by atoms with Gasteiger partial charge in [-0.1, -0.05) is 0 Å². The predicted octanol–water partition coefficient (Wildman–Crippen LogP) is -0.0143. The van der Waals surface area contributed by atoms with Crippen LogP contribution in [-0.2, 0) is 9.53 Å². The van der Waals surface area contributed by atoms with Gasteiger partial charge in [-0.15, -0.1) is 0 Å². The van der Waals surface area contributed by atoms with Gasteiger partial charge in [-0.05, 0) is 25.9 Å². The molecule has 2 aliphatic heterocycles. The first-order chi connectivity index (χ1) is 6.79. The summed E-state index contributed by atoms with van der Waals surface area (Å²) in [5, 5.41) is 3.35. The maximum Gasteiger partial charge on any atom is 0.219 e. The second kappa shape index (κ2) is 4.28. The minimum atomic E-state index is 0.185. The number of carbonyl (C=O) groups is 1. The predicted molar refractivity (Wildman–Crippen MR) is 53.0 cm³/mol. The lowest BCUT2D eigenvalue weighted by atomic mass is 10.0. The van der Waals surface area contributed by atoms with Crippen LogP contribution in [0.4, 0.5) is 0 Å². The van der Waals surface area contributed by atoms with Crippen LogP contribution in [0.15, 0.2) is 0 Å². The standard InChI is InChI=1S/C10H18N2O2/c1-8(13)12-6-7-14-10-3-5-11-4-2-9(10)12/h9-11H,2-7H2,1H3/t9-,10+/m0/s1. The topological polar surface area (TPSA) is 41.6 Å². The van der Waals surface area contributed by atoms with Gasteiger partial charge in [-0.3, -0.25) is 4.79 Å². The first-order valence-corrected chi connectivity index (χ1v) is 5.38. The molecule has 0 aromatic carbocycles. The fourth-order valence-corrected chi connectivity index (χ4v) is 2.41. The molecule has 1 N–H and O–H groups in total. The zero-order chi connectivity index (χ0) is 9.97. The Morgan fingerprint density at radius 2 is 2.21 bits per heavy atom. The first kappa shape index (κ1) is 9.93. The van der Waals surface area contributed by atoms with Gasteiger partial charge < -0.3 is 15.0 Å². The molecule has 4 heteroatoms. The number of hydrogen-bond donors (Lipinski definition) is 1. The normalized spacial score (nSPS) is 33.4. The van der Waals surface area contributed by atoms with Crippen LogP contribution in [0.1, 0.15) is 19.8 Å². The highest BCUT2D eigenvalue weighted by Gasteiger charge is 2.34. The molecule has 2 saturated heterocycles. The van der Waals surface area contributed by atoms with Crippen LogP contribution in [0.3, 0.4) is 0 Å². The highest BCUT2D eigenvalue weighted by atomic mass is 16.5. The van der Waals surface area contributed by atoms with Crippen molar-refractivity contribution in [1.29, 1.82) is 0 Å². The number of carbonyl (C=O) groups excluding carboxylic acids is 1. The van der Waals surface area contributed by atoms with E-state index >= 15 is 0 Å². The van der Waals surface area contributed by atoms with Gasteiger partial charge in [0.15, 0.2) is 0 Å². The maximum atomic E-state index is 11.4. The minimum Gasteiger partial charge on any atom is -0.374 e. The van der Waals surface area contributed by atoms with Gasteiger partial charge in [0.1, 0.15) is 0 Å². The van der Waals surface area contributed by atoms with Crippen molar-refractivity contribution in [3.63, 3.8) is 0 Å². The molecule has 0 saturated carbocycles. The van der Waals surface area contributed by atoms with Gasteiger partial charge in [0.05, 0.1) is 18.8 Å². The lowest BCUT2D eigenvalue weighted by Crippen LogP contribution is -2.52. The molecule has 4 nitrogen and oxygen atoms in total. The summed E-state index contributed by atoms with van der Waals surface area (Å²) in [6.45, 7) is 5.11. The zero-order valence-corrected chi connectivity index (χ0v) is 8.66. The van der Waals surface area contributed by atoms with Crippen LogP contribution >= 0.6 is 0 Å². The molecule has 80 valence electrons. The van der Waals surface area contributed by atoms with Crippen LogP contribution in [-0.4, -0.2) is 49.2 Å². The lowest BCUT2D eigenvalue weighted by Gasteiger charge is -2.39. The van der Waals surface area contributed by atoms with E-state index in [1.54, 1.807) is 6.92 Å². The molecular weight excluding hydrogens is 180 g/mol. The van der Waals surface area contributed by atoms with Crippen molar-refractivity contribution in [2.45, 2.75) is 31.9 Å². The Morgan fingerprint density at radius 1 is 1.43 bits per heavy atom. The van der Waals surface area contributed by atoms with Crippen LogP contribution in [0.5, 0.6) is 0 Å². The van der Waals surface area contributed by atoms with Crippen LogP contribution in [0.2, 0.25) is 0 Å². The number of fused-ring (bicyclic) bond motifs is 1. The Balaban J connectivity index is 2.08. The summed E-state index contributed by atoms with van der Waals surface area (Å²) in [5.74, 6) is 0.185. The van der Waals surface area contributed by atoms with Crippen molar-refractivity contribution in [2.24, 2.45) is 0 Å². The summed E-state index contributed by atoms with van der Waals surface area (Å²) in [5.41, 5.74) is 0. The number of rotatable bonds is 0. The average molecular weight is 198 g/mol.